The first-order chi connectivity index (χ1) is 14.8. The van der Waals surface area contributed by atoms with Crippen LogP contribution >= 0.6 is 0 Å². The first kappa shape index (κ1) is 20.3. The molecule has 31 heavy (non-hydrogen) atoms. The van der Waals surface area contributed by atoms with Gasteiger partial charge in [0.05, 0.1) is 11.5 Å². The van der Waals surface area contributed by atoms with Crippen LogP contribution in [-0.4, -0.2) is 21.8 Å². The van der Waals surface area contributed by atoms with Crippen LogP contribution in [0.3, 0.4) is 0 Å². The summed E-state index contributed by atoms with van der Waals surface area (Å²) in [5.41, 5.74) is 4.26. The molecule has 0 unspecified atom stereocenters. The molecule has 3 aromatic rings. The number of fused-ring (bicyclic) bond motifs is 1. The Morgan fingerprint density at radius 3 is 2.42 bits per heavy atom. The quantitative estimate of drug-likeness (QED) is 0.518. The van der Waals surface area contributed by atoms with Gasteiger partial charge in [-0.15, -0.1) is 0 Å². The third kappa shape index (κ3) is 4.32. The molecule has 1 aromatic heterocycles. The molecule has 2 aromatic carbocycles. The highest BCUT2D eigenvalue weighted by atomic mass is 16.2. The molecular formula is C23H23N5O3. The number of nitrogens with one attached hydrogen (secondary N) is 4. The Balaban J connectivity index is 1.63. The Hall–Kier alpha value is -3.94. The number of aromatic nitrogens is 2. The summed E-state index contributed by atoms with van der Waals surface area (Å²) in [5, 5.41) is 8.44. The van der Waals surface area contributed by atoms with E-state index in [1.807, 2.05) is 57.2 Å². The average molecular weight is 417 g/mol. The van der Waals surface area contributed by atoms with Crippen molar-refractivity contribution < 1.29 is 9.59 Å². The van der Waals surface area contributed by atoms with Crippen LogP contribution in [0, 0.1) is 20.8 Å². The maximum atomic E-state index is 12.9. The Labute approximate surface area is 179 Å². The third-order valence-corrected chi connectivity index (χ3v) is 5.36. The SMILES string of the molecule is Cc1ccc(Nc2nc3c(c(=O)[nH]2)[C@@H](C(=O)Nc2ccc(C)c(C)c2)CC(=O)N3)cc1. The fourth-order valence-corrected chi connectivity index (χ4v) is 3.48. The van der Waals surface area contributed by atoms with Crippen LogP contribution in [0.25, 0.3) is 0 Å². The zero-order chi connectivity index (χ0) is 22.1. The van der Waals surface area contributed by atoms with Crippen molar-refractivity contribution in [3.8, 4) is 0 Å². The first-order valence-electron chi connectivity index (χ1n) is 9.96. The number of carbonyl (C=O) groups excluding carboxylic acids is 2. The zero-order valence-electron chi connectivity index (χ0n) is 17.5. The van der Waals surface area contributed by atoms with Gasteiger partial charge in [-0.25, -0.2) is 0 Å². The molecule has 1 atom stereocenters. The van der Waals surface area contributed by atoms with Crippen molar-refractivity contribution in [2.75, 3.05) is 16.0 Å². The maximum absolute atomic E-state index is 12.9. The molecule has 8 nitrogen and oxygen atoms in total. The fourth-order valence-electron chi connectivity index (χ4n) is 3.48. The minimum Gasteiger partial charge on any atom is -0.326 e. The second kappa shape index (κ2) is 8.06. The van der Waals surface area contributed by atoms with Gasteiger partial charge in [0.25, 0.3) is 5.56 Å². The number of amides is 2. The fraction of sp³-hybridized carbons (Fsp3) is 0.217. The lowest BCUT2D eigenvalue weighted by Crippen LogP contribution is -2.36. The summed E-state index contributed by atoms with van der Waals surface area (Å²) in [6.45, 7) is 5.91. The lowest BCUT2D eigenvalue weighted by molar-refractivity contribution is -0.123. The van der Waals surface area contributed by atoms with Crippen molar-refractivity contribution in [1.82, 2.24) is 9.97 Å². The Morgan fingerprint density at radius 1 is 1.00 bits per heavy atom. The summed E-state index contributed by atoms with van der Waals surface area (Å²) in [7, 11) is 0. The van der Waals surface area contributed by atoms with Crippen molar-refractivity contribution in [3.05, 3.63) is 75.1 Å². The van der Waals surface area contributed by atoms with E-state index in [0.29, 0.717) is 5.69 Å². The molecule has 0 saturated carbocycles. The van der Waals surface area contributed by atoms with Gasteiger partial charge in [0.15, 0.2) is 0 Å². The van der Waals surface area contributed by atoms with E-state index in [9.17, 15) is 14.4 Å². The molecule has 158 valence electrons. The normalized spacial score (nSPS) is 15.1. The van der Waals surface area contributed by atoms with E-state index in [4.69, 9.17) is 0 Å². The van der Waals surface area contributed by atoms with Gasteiger partial charge in [0.1, 0.15) is 5.82 Å². The highest BCUT2D eigenvalue weighted by molar-refractivity contribution is 6.04. The largest absolute Gasteiger partial charge is 0.326 e. The minimum atomic E-state index is -0.935. The van der Waals surface area contributed by atoms with Gasteiger partial charge in [-0.3, -0.25) is 19.4 Å². The molecule has 0 fully saturated rings. The highest BCUT2D eigenvalue weighted by Crippen LogP contribution is 2.30. The summed E-state index contributed by atoms with van der Waals surface area (Å²) in [4.78, 5) is 45.0. The Bertz CT molecular complexity index is 1230. The summed E-state index contributed by atoms with van der Waals surface area (Å²) in [6.07, 6.45) is -0.126. The number of benzene rings is 2. The summed E-state index contributed by atoms with van der Waals surface area (Å²) < 4.78 is 0. The number of rotatable bonds is 4. The van der Waals surface area contributed by atoms with Crippen molar-refractivity contribution in [2.24, 2.45) is 0 Å². The van der Waals surface area contributed by atoms with Crippen LogP contribution in [0.1, 0.15) is 34.6 Å². The van der Waals surface area contributed by atoms with Crippen molar-refractivity contribution in [2.45, 2.75) is 33.1 Å². The van der Waals surface area contributed by atoms with Gasteiger partial charge in [0.2, 0.25) is 17.8 Å². The standard InChI is InChI=1S/C23H23N5O3/c1-12-4-7-15(8-5-12)25-23-27-20-19(22(31)28-23)17(11-18(29)26-20)21(30)24-16-9-6-13(2)14(3)10-16/h4-10,17H,11H2,1-3H3,(H,24,30)(H3,25,26,27,28,29,31)/t17-/m0/s1. The van der Waals surface area contributed by atoms with Crippen LogP contribution in [0.4, 0.5) is 23.1 Å². The second-order valence-electron chi connectivity index (χ2n) is 7.76. The van der Waals surface area contributed by atoms with Gasteiger partial charge >= 0.3 is 0 Å². The molecule has 2 heterocycles. The molecule has 1 aliphatic heterocycles. The van der Waals surface area contributed by atoms with E-state index in [0.717, 1.165) is 22.4 Å². The van der Waals surface area contributed by atoms with E-state index in [-0.39, 0.29) is 29.7 Å². The molecule has 1 aliphatic rings. The van der Waals surface area contributed by atoms with Crippen LogP contribution in [0.2, 0.25) is 0 Å². The zero-order valence-corrected chi connectivity index (χ0v) is 17.5. The third-order valence-electron chi connectivity index (χ3n) is 5.36. The topological polar surface area (TPSA) is 116 Å². The summed E-state index contributed by atoms with van der Waals surface area (Å²) in [5.74, 6) is -1.45. The van der Waals surface area contributed by atoms with Gasteiger partial charge in [-0.1, -0.05) is 23.8 Å². The van der Waals surface area contributed by atoms with Gasteiger partial charge in [-0.05, 0) is 56.2 Å². The van der Waals surface area contributed by atoms with Crippen LogP contribution in [0.5, 0.6) is 0 Å². The number of aryl methyl sites for hydroxylation is 3. The predicted molar refractivity (Wildman–Crippen MR) is 120 cm³/mol. The van der Waals surface area contributed by atoms with Gasteiger partial charge in [0, 0.05) is 17.8 Å². The smallest absolute Gasteiger partial charge is 0.258 e. The molecule has 2 amide bonds. The number of nitrogens with zero attached hydrogens (tertiary/aromatic N) is 1. The van der Waals surface area contributed by atoms with Crippen LogP contribution in [-0.2, 0) is 9.59 Å². The minimum absolute atomic E-state index is 0.0925. The molecule has 0 aliphatic carbocycles. The second-order valence-corrected chi connectivity index (χ2v) is 7.76. The number of hydrogen-bond donors (Lipinski definition) is 4. The number of anilines is 4. The van der Waals surface area contributed by atoms with Crippen molar-refractivity contribution in [1.29, 1.82) is 0 Å². The van der Waals surface area contributed by atoms with Gasteiger partial charge < -0.3 is 16.0 Å². The molecule has 4 N–H and O–H groups in total. The highest BCUT2D eigenvalue weighted by Gasteiger charge is 2.34. The molecule has 0 saturated heterocycles. The molecule has 0 bridgehead atoms. The van der Waals surface area contributed by atoms with Gasteiger partial charge in [-0.2, -0.15) is 4.98 Å². The summed E-state index contributed by atoms with van der Waals surface area (Å²) in [6, 6.07) is 13.1. The monoisotopic (exact) mass is 417 g/mol. The van der Waals surface area contributed by atoms with Crippen LogP contribution < -0.4 is 21.5 Å². The molecule has 8 heteroatoms. The number of H-pyrrole nitrogens is 1. The molecule has 4 rings (SSSR count). The number of hydrogen-bond acceptors (Lipinski definition) is 5. The lowest BCUT2D eigenvalue weighted by Gasteiger charge is -2.23. The van der Waals surface area contributed by atoms with Crippen LogP contribution in [0.15, 0.2) is 47.3 Å². The lowest BCUT2D eigenvalue weighted by atomic mass is 9.92. The molecular weight excluding hydrogens is 394 g/mol. The van der Waals surface area contributed by atoms with E-state index >= 15 is 0 Å². The van der Waals surface area contributed by atoms with Crippen molar-refractivity contribution in [3.63, 3.8) is 0 Å². The Kier molecular flexibility index (Phi) is 5.29. The van der Waals surface area contributed by atoms with E-state index in [1.54, 1.807) is 6.07 Å². The molecule has 0 spiro atoms. The maximum Gasteiger partial charge on any atom is 0.258 e. The van der Waals surface area contributed by atoms with E-state index in [1.165, 1.54) is 0 Å². The summed E-state index contributed by atoms with van der Waals surface area (Å²) >= 11 is 0. The first-order valence-corrected chi connectivity index (χ1v) is 9.96. The van der Waals surface area contributed by atoms with E-state index < -0.39 is 17.4 Å². The predicted octanol–water partition coefficient (Wildman–Crippen LogP) is 3.50. The van der Waals surface area contributed by atoms with Crippen molar-refractivity contribution >= 4 is 35.0 Å². The molecule has 0 radical (unpaired) electrons. The number of aromatic amines is 1. The number of carbonyl (C=O) groups is 2. The Morgan fingerprint density at radius 2 is 1.71 bits per heavy atom. The average Bonchev–Trinajstić information content (AvgIpc) is 2.71. The van der Waals surface area contributed by atoms with E-state index in [2.05, 4.69) is 25.9 Å².